The average Bonchev–Trinajstić information content (AvgIpc) is 2.73. The molecule has 4 nitrogen and oxygen atoms in total. The topological polar surface area (TPSA) is 49.4 Å². The summed E-state index contributed by atoms with van der Waals surface area (Å²) in [4.78, 5) is 25.7. The maximum Gasteiger partial charge on any atom is 0.245 e. The monoisotopic (exact) mass is 238 g/mol. The lowest BCUT2D eigenvalue weighted by Gasteiger charge is -2.30. The minimum Gasteiger partial charge on any atom is -0.345 e. The van der Waals surface area contributed by atoms with E-state index in [1.54, 1.807) is 6.92 Å². The summed E-state index contributed by atoms with van der Waals surface area (Å²) in [5, 5.41) is 2.75. The largest absolute Gasteiger partial charge is 0.345 e. The fourth-order valence-corrected chi connectivity index (χ4v) is 2.95. The molecule has 2 aliphatic rings. The van der Waals surface area contributed by atoms with Crippen molar-refractivity contribution < 1.29 is 9.59 Å². The van der Waals surface area contributed by atoms with Crippen LogP contribution in [0.5, 0.6) is 0 Å². The second kappa shape index (κ2) is 5.07. The molecular formula is C13H22N2O2. The first-order valence-corrected chi connectivity index (χ1v) is 6.67. The molecule has 1 N–H and O–H groups in total. The normalized spacial score (nSPS) is 31.5. The van der Waals surface area contributed by atoms with E-state index in [9.17, 15) is 9.59 Å². The molecule has 1 heterocycles. The van der Waals surface area contributed by atoms with Crippen molar-refractivity contribution in [3.8, 4) is 0 Å². The van der Waals surface area contributed by atoms with Crippen molar-refractivity contribution in [3.05, 3.63) is 0 Å². The molecule has 2 rings (SSSR count). The lowest BCUT2D eigenvalue weighted by Crippen LogP contribution is -2.46. The second-order valence-corrected chi connectivity index (χ2v) is 5.48. The number of carbonyl (C=O) groups is 2. The van der Waals surface area contributed by atoms with Gasteiger partial charge in [0.2, 0.25) is 11.8 Å². The molecule has 2 amide bonds. The van der Waals surface area contributed by atoms with Crippen LogP contribution >= 0.6 is 0 Å². The van der Waals surface area contributed by atoms with E-state index < -0.39 is 0 Å². The molecular weight excluding hydrogens is 216 g/mol. The van der Waals surface area contributed by atoms with Crippen LogP contribution in [0, 0.1) is 5.92 Å². The van der Waals surface area contributed by atoms with Gasteiger partial charge in [-0.05, 0) is 32.6 Å². The SMILES string of the molecule is CC1NC(=O)CC(C)N(CC2CCCC2)C1=O. The summed E-state index contributed by atoms with van der Waals surface area (Å²) in [7, 11) is 0. The molecule has 1 aliphatic heterocycles. The molecule has 0 spiro atoms. The highest BCUT2D eigenvalue weighted by Crippen LogP contribution is 2.27. The van der Waals surface area contributed by atoms with Gasteiger partial charge in [0.05, 0.1) is 0 Å². The fourth-order valence-electron chi connectivity index (χ4n) is 2.95. The highest BCUT2D eigenvalue weighted by Gasteiger charge is 2.33. The molecule has 1 saturated heterocycles. The van der Waals surface area contributed by atoms with Gasteiger partial charge in [-0.2, -0.15) is 0 Å². The van der Waals surface area contributed by atoms with Crippen LogP contribution in [-0.2, 0) is 9.59 Å². The molecule has 0 aromatic rings. The summed E-state index contributed by atoms with van der Waals surface area (Å²) in [6.45, 7) is 4.59. The van der Waals surface area contributed by atoms with Crippen molar-refractivity contribution in [2.24, 2.45) is 5.92 Å². The third kappa shape index (κ3) is 2.79. The Morgan fingerprint density at radius 1 is 1.24 bits per heavy atom. The van der Waals surface area contributed by atoms with Gasteiger partial charge >= 0.3 is 0 Å². The van der Waals surface area contributed by atoms with Gasteiger partial charge in [-0.1, -0.05) is 12.8 Å². The van der Waals surface area contributed by atoms with Gasteiger partial charge in [-0.15, -0.1) is 0 Å². The van der Waals surface area contributed by atoms with Gasteiger partial charge in [-0.3, -0.25) is 9.59 Å². The smallest absolute Gasteiger partial charge is 0.245 e. The first-order chi connectivity index (χ1) is 8.08. The maximum atomic E-state index is 12.2. The molecule has 2 atom stereocenters. The van der Waals surface area contributed by atoms with Crippen molar-refractivity contribution in [1.82, 2.24) is 10.2 Å². The van der Waals surface area contributed by atoms with Crippen LogP contribution in [-0.4, -0.2) is 35.3 Å². The Morgan fingerprint density at radius 2 is 1.88 bits per heavy atom. The summed E-state index contributed by atoms with van der Waals surface area (Å²) in [5.74, 6) is 0.712. The van der Waals surface area contributed by atoms with E-state index in [0.29, 0.717) is 12.3 Å². The van der Waals surface area contributed by atoms with Crippen molar-refractivity contribution in [2.75, 3.05) is 6.54 Å². The number of nitrogens with one attached hydrogen (secondary N) is 1. The summed E-state index contributed by atoms with van der Waals surface area (Å²) in [6.07, 6.45) is 5.46. The molecule has 96 valence electrons. The Kier molecular flexibility index (Phi) is 3.69. The molecule has 0 aromatic heterocycles. The Hall–Kier alpha value is -1.06. The van der Waals surface area contributed by atoms with Crippen molar-refractivity contribution in [1.29, 1.82) is 0 Å². The number of carbonyl (C=O) groups excluding carboxylic acids is 2. The van der Waals surface area contributed by atoms with Gasteiger partial charge in [0.25, 0.3) is 0 Å². The Labute approximate surface area is 103 Å². The van der Waals surface area contributed by atoms with Crippen LogP contribution < -0.4 is 5.32 Å². The van der Waals surface area contributed by atoms with E-state index in [2.05, 4.69) is 5.32 Å². The number of hydrogen-bond acceptors (Lipinski definition) is 2. The number of nitrogens with zero attached hydrogens (tertiary/aromatic N) is 1. The van der Waals surface area contributed by atoms with Crippen LogP contribution in [0.2, 0.25) is 0 Å². The predicted octanol–water partition coefficient (Wildman–Crippen LogP) is 1.30. The van der Waals surface area contributed by atoms with Crippen LogP contribution in [0.4, 0.5) is 0 Å². The van der Waals surface area contributed by atoms with Gasteiger partial charge in [0, 0.05) is 19.0 Å². The van der Waals surface area contributed by atoms with Gasteiger partial charge in [0.1, 0.15) is 6.04 Å². The standard InChI is InChI=1S/C13H22N2O2/c1-9-7-12(16)14-10(2)13(17)15(9)8-11-5-3-4-6-11/h9-11H,3-8H2,1-2H3,(H,14,16). The second-order valence-electron chi connectivity index (χ2n) is 5.48. The zero-order valence-electron chi connectivity index (χ0n) is 10.7. The lowest BCUT2D eigenvalue weighted by molar-refractivity contribution is -0.135. The molecule has 4 heteroatoms. The highest BCUT2D eigenvalue weighted by molar-refractivity contribution is 5.90. The van der Waals surface area contributed by atoms with E-state index in [1.165, 1.54) is 25.7 Å². The number of amides is 2. The average molecular weight is 238 g/mol. The Morgan fingerprint density at radius 3 is 2.53 bits per heavy atom. The van der Waals surface area contributed by atoms with Crippen LogP contribution in [0.1, 0.15) is 46.0 Å². The van der Waals surface area contributed by atoms with Crippen molar-refractivity contribution in [3.63, 3.8) is 0 Å². The Balaban J connectivity index is 2.05. The highest BCUT2D eigenvalue weighted by atomic mass is 16.2. The molecule has 0 radical (unpaired) electrons. The third-order valence-electron chi connectivity index (χ3n) is 3.97. The van der Waals surface area contributed by atoms with Crippen LogP contribution in [0.3, 0.4) is 0 Å². The number of hydrogen-bond donors (Lipinski definition) is 1. The molecule has 0 aromatic carbocycles. The first-order valence-electron chi connectivity index (χ1n) is 6.67. The van der Waals surface area contributed by atoms with E-state index >= 15 is 0 Å². The summed E-state index contributed by atoms with van der Waals surface area (Å²) < 4.78 is 0. The zero-order chi connectivity index (χ0) is 12.4. The maximum absolute atomic E-state index is 12.2. The first kappa shape index (κ1) is 12.4. The van der Waals surface area contributed by atoms with E-state index in [1.807, 2.05) is 11.8 Å². The third-order valence-corrected chi connectivity index (χ3v) is 3.97. The minimum atomic E-state index is -0.367. The van der Waals surface area contributed by atoms with Gasteiger partial charge in [-0.25, -0.2) is 0 Å². The van der Waals surface area contributed by atoms with Crippen LogP contribution in [0.15, 0.2) is 0 Å². The van der Waals surface area contributed by atoms with E-state index in [-0.39, 0.29) is 23.9 Å². The molecule has 1 aliphatic carbocycles. The van der Waals surface area contributed by atoms with E-state index in [4.69, 9.17) is 0 Å². The quantitative estimate of drug-likeness (QED) is 0.788. The van der Waals surface area contributed by atoms with E-state index in [0.717, 1.165) is 6.54 Å². The lowest BCUT2D eigenvalue weighted by atomic mass is 10.1. The molecule has 2 unspecified atom stereocenters. The molecule has 0 bridgehead atoms. The molecule has 1 saturated carbocycles. The fraction of sp³-hybridized carbons (Fsp3) is 0.846. The van der Waals surface area contributed by atoms with Gasteiger partial charge in [0.15, 0.2) is 0 Å². The van der Waals surface area contributed by atoms with Crippen molar-refractivity contribution >= 4 is 11.8 Å². The zero-order valence-corrected chi connectivity index (χ0v) is 10.7. The predicted molar refractivity (Wildman–Crippen MR) is 65.4 cm³/mol. The minimum absolute atomic E-state index is 0.00716. The summed E-state index contributed by atoms with van der Waals surface area (Å²) >= 11 is 0. The summed E-state index contributed by atoms with van der Waals surface area (Å²) in [6, 6.07) is -0.332. The van der Waals surface area contributed by atoms with Crippen LogP contribution in [0.25, 0.3) is 0 Å². The molecule has 2 fully saturated rings. The van der Waals surface area contributed by atoms with Gasteiger partial charge < -0.3 is 10.2 Å². The Bertz CT molecular complexity index is 311. The summed E-state index contributed by atoms with van der Waals surface area (Å²) in [5.41, 5.74) is 0. The molecule has 17 heavy (non-hydrogen) atoms. The number of rotatable bonds is 2. The van der Waals surface area contributed by atoms with Crippen molar-refractivity contribution in [2.45, 2.75) is 58.0 Å².